The fourth-order valence-corrected chi connectivity index (χ4v) is 6.67. The number of benzene rings is 2. The first-order valence-electron chi connectivity index (χ1n) is 15.5. The highest BCUT2D eigenvalue weighted by molar-refractivity contribution is 5.95. The molecule has 3 aliphatic rings. The number of fused-ring (bicyclic) bond motifs is 3. The van der Waals surface area contributed by atoms with Gasteiger partial charge >= 0.3 is 12.1 Å². The minimum Gasteiger partial charge on any atom is -0.461 e. The first-order chi connectivity index (χ1) is 21.1. The molecule has 3 aliphatic heterocycles. The summed E-state index contributed by atoms with van der Waals surface area (Å²) in [6, 6.07) is 15.8. The van der Waals surface area contributed by atoms with Gasteiger partial charge in [-0.15, -0.1) is 0 Å². The Balaban J connectivity index is 1.20. The normalized spacial score (nSPS) is 21.8. The maximum Gasteiger partial charge on any atom is 0.411 e. The van der Waals surface area contributed by atoms with E-state index in [-0.39, 0.29) is 30.9 Å². The smallest absolute Gasteiger partial charge is 0.411 e. The summed E-state index contributed by atoms with van der Waals surface area (Å²) in [5, 5.41) is 1.03. The van der Waals surface area contributed by atoms with Crippen molar-refractivity contribution in [2.75, 3.05) is 26.2 Å². The Labute approximate surface area is 257 Å². The van der Waals surface area contributed by atoms with Crippen LogP contribution in [0.5, 0.6) is 0 Å². The van der Waals surface area contributed by atoms with Crippen molar-refractivity contribution in [3.05, 3.63) is 71.4 Å². The van der Waals surface area contributed by atoms with Crippen LogP contribution in [0, 0.1) is 5.92 Å². The molecule has 0 aliphatic carbocycles. The molecule has 0 bridgehead atoms. The van der Waals surface area contributed by atoms with Gasteiger partial charge in [0.1, 0.15) is 18.2 Å². The van der Waals surface area contributed by atoms with E-state index in [0.717, 1.165) is 22.0 Å². The number of hydrogen-bond acceptors (Lipinski definition) is 6. The lowest BCUT2D eigenvalue weighted by atomic mass is 9.96. The van der Waals surface area contributed by atoms with Crippen LogP contribution in [-0.4, -0.2) is 81.4 Å². The van der Waals surface area contributed by atoms with Crippen molar-refractivity contribution in [2.24, 2.45) is 5.92 Å². The van der Waals surface area contributed by atoms with Crippen LogP contribution in [-0.2, 0) is 36.9 Å². The van der Waals surface area contributed by atoms with E-state index in [1.807, 2.05) is 54.6 Å². The highest BCUT2D eigenvalue weighted by atomic mass is 16.6. The fourth-order valence-electron chi connectivity index (χ4n) is 6.67. The van der Waals surface area contributed by atoms with Crippen LogP contribution >= 0.6 is 0 Å². The predicted octanol–water partition coefficient (Wildman–Crippen LogP) is 4.59. The monoisotopic (exact) mass is 600 g/mol. The largest absolute Gasteiger partial charge is 0.461 e. The van der Waals surface area contributed by atoms with E-state index in [9.17, 15) is 19.2 Å². The van der Waals surface area contributed by atoms with Gasteiger partial charge in [-0.25, -0.2) is 4.79 Å². The third-order valence-electron chi connectivity index (χ3n) is 8.77. The van der Waals surface area contributed by atoms with Crippen LogP contribution < -0.4 is 0 Å². The Morgan fingerprint density at radius 3 is 2.41 bits per heavy atom. The van der Waals surface area contributed by atoms with Gasteiger partial charge in [0.25, 0.3) is 5.91 Å². The van der Waals surface area contributed by atoms with Crippen molar-refractivity contribution >= 4 is 34.8 Å². The SMILES string of the molecule is CC(C)(C)OC(=O)N1CCc2c([nH]c3ccccc23)C1C(=O)N1CCC[C@H]1C(=O)N1CC[C@H](C(=O)OCc2ccccc2)C1. The molecule has 0 saturated carbocycles. The number of para-hydroxylation sites is 1. The quantitative estimate of drug-likeness (QED) is 0.429. The van der Waals surface area contributed by atoms with Crippen molar-refractivity contribution in [3.8, 4) is 0 Å². The highest BCUT2D eigenvalue weighted by Gasteiger charge is 2.47. The number of H-pyrrole nitrogens is 1. The molecule has 2 fully saturated rings. The van der Waals surface area contributed by atoms with E-state index in [0.29, 0.717) is 51.0 Å². The number of ether oxygens (including phenoxy) is 2. The summed E-state index contributed by atoms with van der Waals surface area (Å²) in [5.74, 6) is -1.17. The zero-order valence-corrected chi connectivity index (χ0v) is 25.6. The average molecular weight is 601 g/mol. The molecule has 1 N–H and O–H groups in total. The molecule has 4 heterocycles. The highest BCUT2D eigenvalue weighted by Crippen LogP contribution is 2.38. The molecule has 2 saturated heterocycles. The van der Waals surface area contributed by atoms with Crippen LogP contribution in [0.15, 0.2) is 54.6 Å². The number of aromatic nitrogens is 1. The number of carbonyl (C=O) groups excluding carboxylic acids is 4. The number of nitrogens with zero attached hydrogens (tertiary/aromatic N) is 3. The van der Waals surface area contributed by atoms with Gasteiger partial charge < -0.3 is 24.3 Å². The summed E-state index contributed by atoms with van der Waals surface area (Å²) in [7, 11) is 0. The minimum atomic E-state index is -0.936. The van der Waals surface area contributed by atoms with Crippen LogP contribution in [0.1, 0.15) is 62.9 Å². The molecular formula is C34H40N4O6. The first kappa shape index (κ1) is 29.7. The van der Waals surface area contributed by atoms with Crippen LogP contribution in [0.4, 0.5) is 4.79 Å². The lowest BCUT2D eigenvalue weighted by Crippen LogP contribution is -2.53. The number of esters is 1. The molecular weight excluding hydrogens is 560 g/mol. The van der Waals surface area contributed by atoms with E-state index >= 15 is 0 Å². The molecule has 0 radical (unpaired) electrons. The number of likely N-dealkylation sites (tertiary alicyclic amines) is 2. The molecule has 6 rings (SSSR count). The topological polar surface area (TPSA) is 112 Å². The zero-order valence-electron chi connectivity index (χ0n) is 25.6. The maximum absolute atomic E-state index is 14.5. The molecule has 10 nitrogen and oxygen atoms in total. The molecule has 10 heteroatoms. The van der Waals surface area contributed by atoms with Gasteiger partial charge in [0, 0.05) is 37.1 Å². The Bertz CT molecular complexity index is 1560. The molecule has 2 aromatic carbocycles. The second-order valence-electron chi connectivity index (χ2n) is 12.9. The predicted molar refractivity (Wildman–Crippen MR) is 163 cm³/mol. The Morgan fingerprint density at radius 2 is 1.64 bits per heavy atom. The molecule has 3 atom stereocenters. The molecule has 1 aromatic heterocycles. The summed E-state index contributed by atoms with van der Waals surface area (Å²) in [5.41, 5.74) is 2.77. The maximum atomic E-state index is 14.5. The molecule has 3 aromatic rings. The molecule has 0 spiro atoms. The van der Waals surface area contributed by atoms with Crippen LogP contribution in [0.3, 0.4) is 0 Å². The van der Waals surface area contributed by atoms with Gasteiger partial charge in [0.2, 0.25) is 5.91 Å². The average Bonchev–Trinajstić information content (AvgIpc) is 3.77. The lowest BCUT2D eigenvalue weighted by Gasteiger charge is -2.39. The van der Waals surface area contributed by atoms with Crippen molar-refractivity contribution < 1.29 is 28.7 Å². The number of aromatic amines is 1. The molecule has 44 heavy (non-hydrogen) atoms. The number of rotatable bonds is 5. The van der Waals surface area contributed by atoms with Gasteiger partial charge in [0.15, 0.2) is 6.04 Å². The van der Waals surface area contributed by atoms with E-state index in [2.05, 4.69) is 4.98 Å². The van der Waals surface area contributed by atoms with Gasteiger partial charge in [-0.2, -0.15) is 0 Å². The standard InChI is InChI=1S/C34H40N4O6/c1-34(2,3)44-33(42)38-19-16-25-24-12-7-8-13-26(24)35-28(25)29(38)31(40)37-17-9-14-27(37)30(39)36-18-15-23(20-36)32(41)43-21-22-10-5-4-6-11-22/h4-8,10-13,23,27,29,35H,9,14-21H2,1-3H3/t23-,27-,29?/m0/s1. The van der Waals surface area contributed by atoms with Crippen molar-refractivity contribution in [1.29, 1.82) is 0 Å². The minimum absolute atomic E-state index is 0.161. The Hall–Kier alpha value is -4.34. The van der Waals surface area contributed by atoms with Crippen LogP contribution in [0.2, 0.25) is 0 Å². The van der Waals surface area contributed by atoms with Crippen LogP contribution in [0.25, 0.3) is 10.9 Å². The number of hydrogen-bond donors (Lipinski definition) is 1. The second kappa shape index (κ2) is 12.0. The second-order valence-corrected chi connectivity index (χ2v) is 12.9. The van der Waals surface area contributed by atoms with Gasteiger partial charge in [0.05, 0.1) is 11.6 Å². The van der Waals surface area contributed by atoms with E-state index in [1.165, 1.54) is 4.90 Å². The zero-order chi connectivity index (χ0) is 31.0. The number of carbonyl (C=O) groups is 4. The Kier molecular flexibility index (Phi) is 8.09. The molecule has 232 valence electrons. The molecule has 3 amide bonds. The number of nitrogens with one attached hydrogen (secondary N) is 1. The van der Waals surface area contributed by atoms with E-state index in [1.54, 1.807) is 30.6 Å². The summed E-state index contributed by atoms with van der Waals surface area (Å²) in [6.45, 7) is 7.04. The molecule has 1 unspecified atom stereocenters. The summed E-state index contributed by atoms with van der Waals surface area (Å²) in [4.78, 5) is 62.8. The summed E-state index contributed by atoms with van der Waals surface area (Å²) < 4.78 is 11.3. The first-order valence-corrected chi connectivity index (χ1v) is 15.5. The van der Waals surface area contributed by atoms with Crippen molar-refractivity contribution in [3.63, 3.8) is 0 Å². The van der Waals surface area contributed by atoms with Crippen molar-refractivity contribution in [1.82, 2.24) is 19.7 Å². The van der Waals surface area contributed by atoms with E-state index in [4.69, 9.17) is 9.47 Å². The van der Waals surface area contributed by atoms with E-state index < -0.39 is 29.7 Å². The third-order valence-corrected chi connectivity index (χ3v) is 8.77. The fraction of sp³-hybridized carbons (Fsp3) is 0.471. The number of amides is 3. The Morgan fingerprint density at radius 1 is 0.886 bits per heavy atom. The summed E-state index contributed by atoms with van der Waals surface area (Å²) in [6.07, 6.45) is 1.76. The van der Waals surface area contributed by atoms with Gasteiger partial charge in [-0.3, -0.25) is 19.3 Å². The summed E-state index contributed by atoms with van der Waals surface area (Å²) >= 11 is 0. The van der Waals surface area contributed by atoms with Gasteiger partial charge in [-0.05, 0) is 63.6 Å². The van der Waals surface area contributed by atoms with Gasteiger partial charge in [-0.1, -0.05) is 48.5 Å². The third kappa shape index (κ3) is 5.89. The lowest BCUT2D eigenvalue weighted by molar-refractivity contribution is -0.150. The van der Waals surface area contributed by atoms with Crippen molar-refractivity contribution in [2.45, 2.75) is 70.7 Å².